The second kappa shape index (κ2) is 8.66. The van der Waals surface area contributed by atoms with Crippen LogP contribution in [0.3, 0.4) is 0 Å². The Morgan fingerprint density at radius 2 is 1.72 bits per heavy atom. The van der Waals surface area contributed by atoms with E-state index in [9.17, 15) is 15.0 Å². The lowest BCUT2D eigenvalue weighted by atomic mass is 10.1. The lowest BCUT2D eigenvalue weighted by molar-refractivity contribution is -0.135. The van der Waals surface area contributed by atoms with Gasteiger partial charge in [-0.05, 0) is 24.3 Å². The zero-order valence-corrected chi connectivity index (χ0v) is 15.6. The van der Waals surface area contributed by atoms with Crippen LogP contribution in [0.25, 0.3) is 11.8 Å². The van der Waals surface area contributed by atoms with E-state index in [0.29, 0.717) is 11.1 Å². The van der Waals surface area contributed by atoms with Crippen molar-refractivity contribution in [3.05, 3.63) is 78.1 Å². The number of nitrogens with zero attached hydrogens (tertiary/aromatic N) is 4. The SMILES string of the molecule is C=C(/C(=C/c1ccccc1O)C(=O)OC)n1ncnc1/N=C/c1ccccc1O. The first-order chi connectivity index (χ1) is 14.0. The van der Waals surface area contributed by atoms with Gasteiger partial charge < -0.3 is 14.9 Å². The van der Waals surface area contributed by atoms with Crippen molar-refractivity contribution in [1.82, 2.24) is 14.8 Å². The first-order valence-corrected chi connectivity index (χ1v) is 8.51. The van der Waals surface area contributed by atoms with Gasteiger partial charge in [0, 0.05) is 17.3 Å². The van der Waals surface area contributed by atoms with Crippen LogP contribution in [0.2, 0.25) is 0 Å². The third-order valence-corrected chi connectivity index (χ3v) is 3.99. The van der Waals surface area contributed by atoms with Crippen LogP contribution in [-0.2, 0) is 9.53 Å². The topological polar surface area (TPSA) is 110 Å². The molecule has 0 bridgehead atoms. The molecule has 0 fully saturated rings. The summed E-state index contributed by atoms with van der Waals surface area (Å²) in [5.74, 6) is -0.455. The summed E-state index contributed by atoms with van der Waals surface area (Å²) in [6.45, 7) is 3.91. The molecule has 0 spiro atoms. The number of benzene rings is 2. The molecule has 2 aromatic carbocycles. The van der Waals surface area contributed by atoms with Gasteiger partial charge in [-0.2, -0.15) is 14.8 Å². The normalized spacial score (nSPS) is 11.6. The molecule has 1 aromatic heterocycles. The number of carbonyl (C=O) groups is 1. The molecule has 3 rings (SSSR count). The average Bonchev–Trinajstić information content (AvgIpc) is 3.20. The zero-order chi connectivity index (χ0) is 20.8. The predicted octanol–water partition coefficient (Wildman–Crippen LogP) is 3.17. The van der Waals surface area contributed by atoms with Crippen molar-refractivity contribution in [2.75, 3.05) is 7.11 Å². The van der Waals surface area contributed by atoms with E-state index in [2.05, 4.69) is 21.7 Å². The molecule has 0 atom stereocenters. The minimum atomic E-state index is -0.663. The number of hydrogen-bond donors (Lipinski definition) is 2. The summed E-state index contributed by atoms with van der Waals surface area (Å²) in [5, 5.41) is 23.9. The van der Waals surface area contributed by atoms with Gasteiger partial charge in [0.1, 0.15) is 17.8 Å². The molecule has 3 aromatic rings. The Labute approximate surface area is 166 Å². The van der Waals surface area contributed by atoms with Crippen LogP contribution in [0, 0.1) is 0 Å². The van der Waals surface area contributed by atoms with E-state index in [-0.39, 0.29) is 28.7 Å². The van der Waals surface area contributed by atoms with E-state index in [1.807, 2.05) is 0 Å². The summed E-state index contributed by atoms with van der Waals surface area (Å²) in [6.07, 6.45) is 4.13. The van der Waals surface area contributed by atoms with Gasteiger partial charge in [0.2, 0.25) is 0 Å². The number of phenolic OH excluding ortho intramolecular Hbond substituents is 2. The maximum atomic E-state index is 12.3. The lowest BCUT2D eigenvalue weighted by Crippen LogP contribution is -2.11. The molecule has 0 aliphatic rings. The quantitative estimate of drug-likeness (QED) is 0.290. The highest BCUT2D eigenvalue weighted by molar-refractivity contribution is 6.06. The van der Waals surface area contributed by atoms with Gasteiger partial charge >= 0.3 is 5.97 Å². The number of phenols is 2. The molecular formula is C21H18N4O4. The largest absolute Gasteiger partial charge is 0.507 e. The Balaban J connectivity index is 1.98. The number of ether oxygens (including phenoxy) is 1. The maximum absolute atomic E-state index is 12.3. The minimum Gasteiger partial charge on any atom is -0.507 e. The van der Waals surface area contributed by atoms with E-state index in [0.717, 1.165) is 0 Å². The van der Waals surface area contributed by atoms with E-state index < -0.39 is 5.97 Å². The summed E-state index contributed by atoms with van der Waals surface area (Å²) < 4.78 is 6.11. The number of aliphatic imine (C=N–C) groups is 1. The second-order valence-electron chi connectivity index (χ2n) is 5.84. The summed E-state index contributed by atoms with van der Waals surface area (Å²) in [5.41, 5.74) is 1.12. The van der Waals surface area contributed by atoms with Gasteiger partial charge in [0.15, 0.2) is 0 Å². The number of esters is 1. The third-order valence-electron chi connectivity index (χ3n) is 3.99. The Bertz CT molecular complexity index is 1120. The molecule has 0 unspecified atom stereocenters. The first-order valence-electron chi connectivity index (χ1n) is 8.51. The Hall–Kier alpha value is -4.20. The highest BCUT2D eigenvalue weighted by Crippen LogP contribution is 2.26. The van der Waals surface area contributed by atoms with Gasteiger partial charge in [-0.15, -0.1) is 0 Å². The van der Waals surface area contributed by atoms with Crippen molar-refractivity contribution >= 4 is 29.9 Å². The highest BCUT2D eigenvalue weighted by Gasteiger charge is 2.19. The van der Waals surface area contributed by atoms with Crippen molar-refractivity contribution in [3.63, 3.8) is 0 Å². The van der Waals surface area contributed by atoms with Crippen molar-refractivity contribution in [3.8, 4) is 11.5 Å². The summed E-state index contributed by atoms with van der Waals surface area (Å²) >= 11 is 0. The number of aromatic hydroxyl groups is 2. The van der Waals surface area contributed by atoms with E-state index in [1.54, 1.807) is 36.4 Å². The number of para-hydroxylation sites is 2. The van der Waals surface area contributed by atoms with E-state index >= 15 is 0 Å². The van der Waals surface area contributed by atoms with Crippen LogP contribution in [0.1, 0.15) is 11.1 Å². The van der Waals surface area contributed by atoms with Crippen molar-refractivity contribution in [1.29, 1.82) is 0 Å². The number of methoxy groups -OCH3 is 1. The van der Waals surface area contributed by atoms with Crippen LogP contribution in [0.15, 0.2) is 72.0 Å². The van der Waals surface area contributed by atoms with Gasteiger partial charge in [-0.3, -0.25) is 0 Å². The lowest BCUT2D eigenvalue weighted by Gasteiger charge is -2.10. The van der Waals surface area contributed by atoms with Crippen LogP contribution in [-0.4, -0.2) is 44.3 Å². The van der Waals surface area contributed by atoms with Crippen LogP contribution in [0.5, 0.6) is 11.5 Å². The zero-order valence-electron chi connectivity index (χ0n) is 15.6. The second-order valence-corrected chi connectivity index (χ2v) is 5.84. The Morgan fingerprint density at radius 1 is 1.10 bits per heavy atom. The Morgan fingerprint density at radius 3 is 2.34 bits per heavy atom. The summed E-state index contributed by atoms with van der Waals surface area (Å²) in [6, 6.07) is 13.2. The van der Waals surface area contributed by atoms with Gasteiger partial charge in [0.05, 0.1) is 18.4 Å². The molecule has 146 valence electrons. The van der Waals surface area contributed by atoms with Gasteiger partial charge in [-0.1, -0.05) is 36.9 Å². The molecular weight excluding hydrogens is 372 g/mol. The van der Waals surface area contributed by atoms with Crippen molar-refractivity contribution in [2.45, 2.75) is 0 Å². The molecule has 29 heavy (non-hydrogen) atoms. The molecule has 0 saturated carbocycles. The van der Waals surface area contributed by atoms with Gasteiger partial charge in [-0.25, -0.2) is 9.79 Å². The molecule has 0 radical (unpaired) electrons. The fourth-order valence-electron chi connectivity index (χ4n) is 2.49. The number of aromatic nitrogens is 3. The maximum Gasteiger partial charge on any atom is 0.340 e. The van der Waals surface area contributed by atoms with E-state index in [4.69, 9.17) is 4.74 Å². The van der Waals surface area contributed by atoms with Crippen molar-refractivity contribution in [2.24, 2.45) is 4.99 Å². The van der Waals surface area contributed by atoms with E-state index in [1.165, 1.54) is 42.5 Å². The number of hydrogen-bond acceptors (Lipinski definition) is 7. The molecule has 8 nitrogen and oxygen atoms in total. The number of rotatable bonds is 6. The highest BCUT2D eigenvalue weighted by atomic mass is 16.5. The molecule has 0 saturated heterocycles. The van der Waals surface area contributed by atoms with Crippen LogP contribution in [0.4, 0.5) is 5.95 Å². The molecule has 2 N–H and O–H groups in total. The first kappa shape index (κ1) is 19.6. The molecule has 0 amide bonds. The predicted molar refractivity (Wildman–Crippen MR) is 109 cm³/mol. The Kier molecular flexibility index (Phi) is 5.84. The van der Waals surface area contributed by atoms with Crippen molar-refractivity contribution < 1.29 is 19.7 Å². The van der Waals surface area contributed by atoms with Gasteiger partial charge in [0.25, 0.3) is 5.95 Å². The molecule has 8 heteroatoms. The smallest absolute Gasteiger partial charge is 0.340 e. The standard InChI is InChI=1S/C21H18N4O4/c1-14(17(20(28)29-2)11-15-7-3-5-9-18(15)26)25-21(23-13-24-25)22-12-16-8-4-6-10-19(16)27/h3-13,26-27H,1H2,2H3/b17-11-,22-12+. The number of carbonyl (C=O) groups excluding carboxylic acids is 1. The fourth-order valence-corrected chi connectivity index (χ4v) is 2.49. The van der Waals surface area contributed by atoms with Crippen LogP contribution >= 0.6 is 0 Å². The molecule has 1 heterocycles. The monoisotopic (exact) mass is 390 g/mol. The minimum absolute atomic E-state index is 0.00177. The van der Waals surface area contributed by atoms with Crippen LogP contribution < -0.4 is 0 Å². The fraction of sp³-hybridized carbons (Fsp3) is 0.0476. The summed E-state index contributed by atoms with van der Waals surface area (Å²) in [4.78, 5) is 20.6. The summed E-state index contributed by atoms with van der Waals surface area (Å²) in [7, 11) is 1.24. The molecule has 0 aliphatic carbocycles. The third kappa shape index (κ3) is 4.38. The average molecular weight is 390 g/mol. The molecule has 0 aliphatic heterocycles.